The summed E-state index contributed by atoms with van der Waals surface area (Å²) in [5, 5.41) is 3.05. The molecule has 8 heteroatoms. The van der Waals surface area contributed by atoms with E-state index in [1.54, 1.807) is 7.11 Å². The number of amides is 1. The number of methoxy groups -OCH3 is 1. The standard InChI is InChI=1S/C17H30N4O2.2ClH/c1-12(2)16-19-8-10-21(16)9-4-7-20-17(22)13-5-6-14(18)15(11-13)23-3;;/h8,10,12-15H,4-7,9,11,18H2,1-3H3,(H,20,22);2*1H/t13-,14+,15+;;/m0../s1. The first kappa shape index (κ1) is 24.2. The van der Waals surface area contributed by atoms with Crippen molar-refractivity contribution in [3.63, 3.8) is 0 Å². The second kappa shape index (κ2) is 11.7. The zero-order valence-corrected chi connectivity index (χ0v) is 16.9. The Labute approximate surface area is 163 Å². The number of ether oxygens (including phenoxy) is 1. The number of aryl methyl sites for hydroxylation is 1. The van der Waals surface area contributed by atoms with Gasteiger partial charge in [0.15, 0.2) is 0 Å². The summed E-state index contributed by atoms with van der Waals surface area (Å²) in [6.45, 7) is 5.85. The molecule has 1 aromatic rings. The molecule has 1 fully saturated rings. The van der Waals surface area contributed by atoms with Gasteiger partial charge in [0.25, 0.3) is 0 Å². The molecule has 0 aliphatic heterocycles. The molecule has 1 amide bonds. The van der Waals surface area contributed by atoms with Crippen LogP contribution in [0.3, 0.4) is 0 Å². The summed E-state index contributed by atoms with van der Waals surface area (Å²) in [6, 6.07) is 0.0553. The summed E-state index contributed by atoms with van der Waals surface area (Å²) in [6.07, 6.45) is 7.17. The minimum absolute atomic E-state index is 0. The average Bonchev–Trinajstić information content (AvgIpc) is 3.00. The van der Waals surface area contributed by atoms with E-state index in [0.29, 0.717) is 12.5 Å². The van der Waals surface area contributed by atoms with E-state index < -0.39 is 0 Å². The summed E-state index contributed by atoms with van der Waals surface area (Å²) in [7, 11) is 1.67. The van der Waals surface area contributed by atoms with E-state index in [2.05, 4.69) is 28.7 Å². The van der Waals surface area contributed by atoms with E-state index in [9.17, 15) is 4.79 Å². The number of halogens is 2. The highest BCUT2D eigenvalue weighted by Crippen LogP contribution is 2.25. The number of nitrogens with two attached hydrogens (primary N) is 1. The molecular weight excluding hydrogens is 363 g/mol. The lowest BCUT2D eigenvalue weighted by Gasteiger charge is -2.32. The molecule has 146 valence electrons. The molecule has 1 aliphatic rings. The molecule has 2 rings (SSSR count). The van der Waals surface area contributed by atoms with Crippen molar-refractivity contribution in [3.05, 3.63) is 18.2 Å². The van der Waals surface area contributed by atoms with Crippen molar-refractivity contribution < 1.29 is 9.53 Å². The third kappa shape index (κ3) is 6.77. The van der Waals surface area contributed by atoms with E-state index in [-0.39, 0.29) is 48.8 Å². The van der Waals surface area contributed by atoms with Crippen molar-refractivity contribution in [3.8, 4) is 0 Å². The Morgan fingerprint density at radius 3 is 2.80 bits per heavy atom. The maximum atomic E-state index is 12.3. The molecule has 0 aromatic carbocycles. The number of hydrogen-bond donors (Lipinski definition) is 2. The first-order chi connectivity index (χ1) is 11.0. The first-order valence-corrected chi connectivity index (χ1v) is 8.60. The van der Waals surface area contributed by atoms with Crippen molar-refractivity contribution in [1.29, 1.82) is 0 Å². The van der Waals surface area contributed by atoms with E-state index in [0.717, 1.165) is 38.1 Å². The van der Waals surface area contributed by atoms with Crippen LogP contribution in [0.15, 0.2) is 12.4 Å². The van der Waals surface area contributed by atoms with Crippen LogP contribution in [0.1, 0.15) is 51.3 Å². The minimum Gasteiger partial charge on any atom is -0.380 e. The van der Waals surface area contributed by atoms with Crippen LogP contribution in [-0.2, 0) is 16.1 Å². The normalized spacial score (nSPS) is 22.8. The summed E-state index contributed by atoms with van der Waals surface area (Å²) >= 11 is 0. The molecule has 0 spiro atoms. The van der Waals surface area contributed by atoms with Crippen molar-refractivity contribution in [2.24, 2.45) is 11.7 Å². The van der Waals surface area contributed by atoms with Gasteiger partial charge in [0.1, 0.15) is 5.82 Å². The number of hydrogen-bond acceptors (Lipinski definition) is 4. The second-order valence-electron chi connectivity index (χ2n) is 6.73. The quantitative estimate of drug-likeness (QED) is 0.695. The molecule has 6 nitrogen and oxygen atoms in total. The van der Waals surface area contributed by atoms with E-state index >= 15 is 0 Å². The zero-order valence-electron chi connectivity index (χ0n) is 15.3. The van der Waals surface area contributed by atoms with Crippen LogP contribution < -0.4 is 11.1 Å². The number of nitrogens with zero attached hydrogens (tertiary/aromatic N) is 2. The molecule has 1 aliphatic carbocycles. The topological polar surface area (TPSA) is 82.2 Å². The molecule has 3 N–H and O–H groups in total. The predicted molar refractivity (Wildman–Crippen MR) is 105 cm³/mol. The molecule has 25 heavy (non-hydrogen) atoms. The van der Waals surface area contributed by atoms with Crippen molar-refractivity contribution >= 4 is 30.7 Å². The Bertz CT molecular complexity index is 511. The molecule has 0 saturated heterocycles. The van der Waals surface area contributed by atoms with Gasteiger partial charge in [-0.1, -0.05) is 13.8 Å². The van der Waals surface area contributed by atoms with Gasteiger partial charge in [-0.25, -0.2) is 4.98 Å². The lowest BCUT2D eigenvalue weighted by atomic mass is 9.83. The van der Waals surface area contributed by atoms with E-state index in [4.69, 9.17) is 10.5 Å². The highest BCUT2D eigenvalue weighted by atomic mass is 35.5. The lowest BCUT2D eigenvalue weighted by Crippen LogP contribution is -2.45. The summed E-state index contributed by atoms with van der Waals surface area (Å²) in [4.78, 5) is 16.7. The SMILES string of the molecule is CO[C@@H]1C[C@@H](C(=O)NCCCn2ccnc2C(C)C)CC[C@H]1N.Cl.Cl. The van der Waals surface area contributed by atoms with Gasteiger partial charge in [0.2, 0.25) is 5.91 Å². The number of imidazole rings is 1. The Morgan fingerprint density at radius 2 is 2.16 bits per heavy atom. The van der Waals surface area contributed by atoms with Crippen LogP contribution in [0.25, 0.3) is 0 Å². The van der Waals surface area contributed by atoms with Crippen molar-refractivity contribution in [2.75, 3.05) is 13.7 Å². The highest BCUT2D eigenvalue weighted by molar-refractivity contribution is 5.85. The molecule has 0 radical (unpaired) electrons. The molecule has 1 aromatic heterocycles. The highest BCUT2D eigenvalue weighted by Gasteiger charge is 2.31. The van der Waals surface area contributed by atoms with Gasteiger partial charge < -0.3 is 20.4 Å². The molecule has 1 saturated carbocycles. The number of nitrogens with one attached hydrogen (secondary N) is 1. The van der Waals surface area contributed by atoms with Gasteiger partial charge >= 0.3 is 0 Å². The minimum atomic E-state index is -0.000881. The molecule has 0 bridgehead atoms. The maximum absolute atomic E-state index is 12.3. The van der Waals surface area contributed by atoms with Gasteiger partial charge in [0, 0.05) is 50.5 Å². The second-order valence-corrected chi connectivity index (χ2v) is 6.73. The fourth-order valence-corrected chi connectivity index (χ4v) is 3.28. The van der Waals surface area contributed by atoms with Gasteiger partial charge in [-0.2, -0.15) is 0 Å². The average molecular weight is 395 g/mol. The monoisotopic (exact) mass is 394 g/mol. The number of carbonyl (C=O) groups is 1. The fourth-order valence-electron chi connectivity index (χ4n) is 3.28. The lowest BCUT2D eigenvalue weighted by molar-refractivity contribution is -0.127. The van der Waals surface area contributed by atoms with Crippen LogP contribution in [0.5, 0.6) is 0 Å². The van der Waals surface area contributed by atoms with Crippen LogP contribution in [-0.4, -0.2) is 41.3 Å². The van der Waals surface area contributed by atoms with E-state index in [1.165, 1.54) is 0 Å². The Kier molecular flexibility index (Phi) is 11.3. The molecular formula is C17H32Cl2N4O2. The zero-order chi connectivity index (χ0) is 16.8. The van der Waals surface area contributed by atoms with Crippen molar-refractivity contribution in [2.45, 2.75) is 64.1 Å². The van der Waals surface area contributed by atoms with Gasteiger partial charge in [-0.3, -0.25) is 4.79 Å². The number of carbonyl (C=O) groups excluding carboxylic acids is 1. The first-order valence-electron chi connectivity index (χ1n) is 8.60. The predicted octanol–water partition coefficient (Wildman–Crippen LogP) is 2.50. The summed E-state index contributed by atoms with van der Waals surface area (Å²) < 4.78 is 7.54. The Morgan fingerprint density at radius 1 is 1.44 bits per heavy atom. The van der Waals surface area contributed by atoms with Crippen LogP contribution in [0.4, 0.5) is 0 Å². The van der Waals surface area contributed by atoms with Gasteiger partial charge in [0.05, 0.1) is 6.10 Å². The Hall–Kier alpha value is -0.820. The number of rotatable bonds is 7. The fraction of sp³-hybridized carbons (Fsp3) is 0.765. The van der Waals surface area contributed by atoms with Crippen LogP contribution in [0, 0.1) is 5.92 Å². The summed E-state index contributed by atoms with van der Waals surface area (Å²) in [5.41, 5.74) is 6.00. The number of aromatic nitrogens is 2. The smallest absolute Gasteiger partial charge is 0.223 e. The molecule has 1 heterocycles. The largest absolute Gasteiger partial charge is 0.380 e. The van der Waals surface area contributed by atoms with Gasteiger partial charge in [-0.15, -0.1) is 24.8 Å². The molecule has 0 unspecified atom stereocenters. The molecule has 3 atom stereocenters. The van der Waals surface area contributed by atoms with Crippen LogP contribution >= 0.6 is 24.8 Å². The third-order valence-corrected chi connectivity index (χ3v) is 4.66. The maximum Gasteiger partial charge on any atom is 0.223 e. The third-order valence-electron chi connectivity index (χ3n) is 4.66. The van der Waals surface area contributed by atoms with Crippen LogP contribution in [0.2, 0.25) is 0 Å². The van der Waals surface area contributed by atoms with Gasteiger partial charge in [-0.05, 0) is 25.7 Å². The van der Waals surface area contributed by atoms with Crippen molar-refractivity contribution in [1.82, 2.24) is 14.9 Å². The summed E-state index contributed by atoms with van der Waals surface area (Å²) in [5.74, 6) is 1.67. The Balaban J connectivity index is 0.00000288. The van der Waals surface area contributed by atoms with E-state index in [1.807, 2.05) is 12.4 Å².